The van der Waals surface area contributed by atoms with Gasteiger partial charge in [-0.2, -0.15) is 0 Å². The van der Waals surface area contributed by atoms with Gasteiger partial charge in [0.05, 0.1) is 6.61 Å². The first-order valence-electron chi connectivity index (χ1n) is 6.85. The molecule has 0 bridgehead atoms. The second-order valence-corrected chi connectivity index (χ2v) is 4.46. The fourth-order valence-electron chi connectivity index (χ4n) is 1.55. The van der Waals surface area contributed by atoms with E-state index in [4.69, 9.17) is 10.6 Å². The lowest BCUT2D eigenvalue weighted by Crippen LogP contribution is -2.24. The Labute approximate surface area is 109 Å². The van der Waals surface area contributed by atoms with Crippen LogP contribution in [0.25, 0.3) is 0 Å². The van der Waals surface area contributed by atoms with Gasteiger partial charge in [0, 0.05) is 12.8 Å². The van der Waals surface area contributed by atoms with Gasteiger partial charge in [-0.3, -0.25) is 14.4 Å². The van der Waals surface area contributed by atoms with E-state index in [-0.39, 0.29) is 11.8 Å². The molecular formula is C13H26N2O3. The lowest BCUT2D eigenvalue weighted by molar-refractivity contribution is -0.134. The van der Waals surface area contributed by atoms with Crippen LogP contribution in [0.1, 0.15) is 64.7 Å². The third-order valence-corrected chi connectivity index (χ3v) is 2.61. The van der Waals surface area contributed by atoms with Crippen molar-refractivity contribution in [1.82, 2.24) is 5.48 Å². The summed E-state index contributed by atoms with van der Waals surface area (Å²) in [5, 5.41) is 0. The average molecular weight is 258 g/mol. The number of carbonyl (C=O) groups excluding carboxylic acids is 2. The first-order chi connectivity index (χ1) is 8.66. The van der Waals surface area contributed by atoms with Gasteiger partial charge in [-0.25, -0.2) is 5.48 Å². The minimum Gasteiger partial charge on any atom is -0.370 e. The molecule has 0 saturated heterocycles. The van der Waals surface area contributed by atoms with Crippen LogP contribution in [0.4, 0.5) is 0 Å². The Hall–Kier alpha value is -1.10. The molecule has 0 fully saturated rings. The van der Waals surface area contributed by atoms with Crippen molar-refractivity contribution in [1.29, 1.82) is 0 Å². The van der Waals surface area contributed by atoms with Crippen LogP contribution in [0.2, 0.25) is 0 Å². The Morgan fingerprint density at radius 1 is 1.00 bits per heavy atom. The maximum Gasteiger partial charge on any atom is 0.243 e. The van der Waals surface area contributed by atoms with Crippen LogP contribution < -0.4 is 11.2 Å². The molecule has 0 unspecified atom stereocenters. The van der Waals surface area contributed by atoms with Crippen LogP contribution in [0.3, 0.4) is 0 Å². The highest BCUT2D eigenvalue weighted by Gasteiger charge is 2.01. The van der Waals surface area contributed by atoms with E-state index in [1.165, 1.54) is 19.3 Å². The molecule has 0 aliphatic rings. The van der Waals surface area contributed by atoms with Gasteiger partial charge in [0.2, 0.25) is 11.8 Å². The molecule has 106 valence electrons. The fraction of sp³-hybridized carbons (Fsp3) is 0.846. The number of hydrogen-bond acceptors (Lipinski definition) is 3. The molecule has 0 aliphatic heterocycles. The van der Waals surface area contributed by atoms with E-state index < -0.39 is 0 Å². The van der Waals surface area contributed by atoms with E-state index >= 15 is 0 Å². The standard InChI is InChI=1S/C13H26N2O3/c1-2-3-4-5-6-10-13(17)15-18-11-8-7-9-12(14)16/h2-11H2,1H3,(H2,14,16)(H,15,17). The second kappa shape index (κ2) is 12.4. The van der Waals surface area contributed by atoms with Crippen LogP contribution in [0, 0.1) is 0 Å². The molecule has 5 heteroatoms. The Balaban J connectivity index is 3.19. The van der Waals surface area contributed by atoms with Crippen molar-refractivity contribution >= 4 is 11.8 Å². The zero-order valence-electron chi connectivity index (χ0n) is 11.4. The Bertz CT molecular complexity index is 232. The van der Waals surface area contributed by atoms with Crippen LogP contribution in [0.5, 0.6) is 0 Å². The van der Waals surface area contributed by atoms with Gasteiger partial charge in [-0.1, -0.05) is 32.6 Å². The molecule has 18 heavy (non-hydrogen) atoms. The summed E-state index contributed by atoms with van der Waals surface area (Å²) in [7, 11) is 0. The number of rotatable bonds is 12. The van der Waals surface area contributed by atoms with Crippen molar-refractivity contribution in [2.75, 3.05) is 6.61 Å². The summed E-state index contributed by atoms with van der Waals surface area (Å²) in [6, 6.07) is 0. The van der Waals surface area contributed by atoms with E-state index in [1.807, 2.05) is 0 Å². The molecule has 0 radical (unpaired) electrons. The largest absolute Gasteiger partial charge is 0.370 e. The van der Waals surface area contributed by atoms with Crippen molar-refractivity contribution in [3.05, 3.63) is 0 Å². The van der Waals surface area contributed by atoms with Gasteiger partial charge in [-0.05, 0) is 19.3 Å². The van der Waals surface area contributed by atoms with Crippen LogP contribution in [-0.2, 0) is 14.4 Å². The van der Waals surface area contributed by atoms with Gasteiger partial charge in [0.25, 0.3) is 0 Å². The predicted octanol–water partition coefficient (Wildman–Crippen LogP) is 2.05. The van der Waals surface area contributed by atoms with Gasteiger partial charge in [0.1, 0.15) is 0 Å². The maximum atomic E-state index is 11.3. The highest BCUT2D eigenvalue weighted by molar-refractivity contribution is 5.74. The van der Waals surface area contributed by atoms with Crippen molar-refractivity contribution in [3.8, 4) is 0 Å². The molecule has 0 aromatic rings. The summed E-state index contributed by atoms with van der Waals surface area (Å²) in [5.41, 5.74) is 7.40. The molecule has 0 aromatic carbocycles. The van der Waals surface area contributed by atoms with Gasteiger partial charge >= 0.3 is 0 Å². The van der Waals surface area contributed by atoms with Crippen LogP contribution >= 0.6 is 0 Å². The SMILES string of the molecule is CCCCCCCC(=O)NOCCCCC(N)=O. The third kappa shape index (κ3) is 13.0. The van der Waals surface area contributed by atoms with E-state index in [9.17, 15) is 9.59 Å². The molecule has 0 aliphatic carbocycles. The van der Waals surface area contributed by atoms with E-state index in [0.29, 0.717) is 25.9 Å². The summed E-state index contributed by atoms with van der Waals surface area (Å²) >= 11 is 0. The molecule has 0 aromatic heterocycles. The number of nitrogens with two attached hydrogens (primary N) is 1. The van der Waals surface area contributed by atoms with Gasteiger partial charge in [-0.15, -0.1) is 0 Å². The molecule has 0 spiro atoms. The van der Waals surface area contributed by atoms with E-state index in [1.54, 1.807) is 0 Å². The number of amides is 2. The Kier molecular flexibility index (Phi) is 11.6. The van der Waals surface area contributed by atoms with Gasteiger partial charge in [0.15, 0.2) is 0 Å². The van der Waals surface area contributed by atoms with E-state index in [0.717, 1.165) is 19.3 Å². The summed E-state index contributed by atoms with van der Waals surface area (Å²) in [6.45, 7) is 2.59. The topological polar surface area (TPSA) is 81.4 Å². The molecule has 0 saturated carbocycles. The highest BCUT2D eigenvalue weighted by Crippen LogP contribution is 2.04. The van der Waals surface area contributed by atoms with Gasteiger partial charge < -0.3 is 5.73 Å². The third-order valence-electron chi connectivity index (χ3n) is 2.61. The van der Waals surface area contributed by atoms with Crippen molar-refractivity contribution < 1.29 is 14.4 Å². The number of unbranched alkanes of at least 4 members (excludes halogenated alkanes) is 5. The molecule has 2 amide bonds. The minimum atomic E-state index is -0.300. The smallest absolute Gasteiger partial charge is 0.243 e. The average Bonchev–Trinajstić information content (AvgIpc) is 2.33. The lowest BCUT2D eigenvalue weighted by atomic mass is 10.1. The second-order valence-electron chi connectivity index (χ2n) is 4.46. The van der Waals surface area contributed by atoms with Crippen molar-refractivity contribution in [2.24, 2.45) is 5.73 Å². The molecule has 0 rings (SSSR count). The number of hydroxylamine groups is 1. The summed E-state index contributed by atoms with van der Waals surface area (Å²) in [4.78, 5) is 26.8. The summed E-state index contributed by atoms with van der Waals surface area (Å²) in [6.07, 6.45) is 7.95. The quantitative estimate of drug-likeness (QED) is 0.415. The molecular weight excluding hydrogens is 232 g/mol. The first kappa shape index (κ1) is 16.9. The Morgan fingerprint density at radius 2 is 1.67 bits per heavy atom. The number of nitrogens with one attached hydrogen (secondary N) is 1. The molecule has 0 heterocycles. The lowest BCUT2D eigenvalue weighted by Gasteiger charge is -2.05. The van der Waals surface area contributed by atoms with Crippen LogP contribution in [0.15, 0.2) is 0 Å². The normalized spacial score (nSPS) is 10.3. The zero-order chi connectivity index (χ0) is 13.6. The van der Waals surface area contributed by atoms with Crippen LogP contribution in [-0.4, -0.2) is 18.4 Å². The summed E-state index contributed by atoms with van der Waals surface area (Å²) in [5.74, 6) is -0.368. The maximum absolute atomic E-state index is 11.3. The first-order valence-corrected chi connectivity index (χ1v) is 6.85. The molecule has 5 nitrogen and oxygen atoms in total. The number of hydrogen-bond donors (Lipinski definition) is 2. The zero-order valence-corrected chi connectivity index (χ0v) is 11.4. The monoisotopic (exact) mass is 258 g/mol. The number of carbonyl (C=O) groups is 2. The summed E-state index contributed by atoms with van der Waals surface area (Å²) < 4.78 is 0. The number of primary amides is 1. The Morgan fingerprint density at radius 3 is 2.33 bits per heavy atom. The predicted molar refractivity (Wildman–Crippen MR) is 70.5 cm³/mol. The molecule has 0 atom stereocenters. The van der Waals surface area contributed by atoms with Crippen molar-refractivity contribution in [3.63, 3.8) is 0 Å². The minimum absolute atomic E-state index is 0.0681. The molecule has 3 N–H and O–H groups in total. The van der Waals surface area contributed by atoms with E-state index in [2.05, 4.69) is 12.4 Å². The highest BCUT2D eigenvalue weighted by atomic mass is 16.6. The fourth-order valence-corrected chi connectivity index (χ4v) is 1.55. The van der Waals surface area contributed by atoms with Crippen molar-refractivity contribution in [2.45, 2.75) is 64.7 Å².